The number of hydrogen-bond acceptors (Lipinski definition) is 7. The number of carbonyl (C=O) groups is 1. The minimum Gasteiger partial charge on any atom is -0.464 e. The summed E-state index contributed by atoms with van der Waals surface area (Å²) in [6.45, 7) is 0.873. The van der Waals surface area contributed by atoms with E-state index in [0.29, 0.717) is 13.1 Å². The summed E-state index contributed by atoms with van der Waals surface area (Å²) in [7, 11) is 1.37. The highest BCUT2D eigenvalue weighted by Crippen LogP contribution is 2.28. The monoisotopic (exact) mass is 319 g/mol. The summed E-state index contributed by atoms with van der Waals surface area (Å²) in [5, 5.41) is 0. The number of nitrogens with zero attached hydrogens (tertiary/aromatic N) is 3. The van der Waals surface area contributed by atoms with Crippen LogP contribution in [0.1, 0.15) is 16.9 Å². The van der Waals surface area contributed by atoms with Gasteiger partial charge in [-0.25, -0.2) is 18.2 Å². The third-order valence-corrected chi connectivity index (χ3v) is 6.56. The summed E-state index contributed by atoms with van der Waals surface area (Å²) in [6, 6.07) is 0.194. The molecule has 1 saturated heterocycles. The fourth-order valence-corrected chi connectivity index (χ4v) is 4.88. The Morgan fingerprint density at radius 1 is 1.55 bits per heavy atom. The summed E-state index contributed by atoms with van der Waals surface area (Å²) in [5.74, 6) is -0.729. The molecule has 1 aliphatic rings. The van der Waals surface area contributed by atoms with Crippen molar-refractivity contribution >= 4 is 27.3 Å². The number of likely N-dealkylation sites (N-methyl/N-ethyl adjacent to an activating group) is 1. The summed E-state index contributed by atoms with van der Waals surface area (Å²) in [5.41, 5.74) is 1.21. The second-order valence-electron chi connectivity index (χ2n) is 4.75. The number of ether oxygens (including phenoxy) is 1. The number of thiazole rings is 1. The van der Waals surface area contributed by atoms with Crippen LogP contribution in [0.5, 0.6) is 0 Å². The molecule has 1 aromatic rings. The zero-order chi connectivity index (χ0) is 14.9. The van der Waals surface area contributed by atoms with Gasteiger partial charge in [-0.05, 0) is 20.5 Å². The first kappa shape index (κ1) is 15.4. The van der Waals surface area contributed by atoms with Gasteiger partial charge in [0.15, 0.2) is 9.90 Å². The average Bonchev–Trinajstić information content (AvgIpc) is 3.06. The van der Waals surface area contributed by atoms with E-state index in [1.165, 1.54) is 16.9 Å². The van der Waals surface area contributed by atoms with Crippen molar-refractivity contribution in [2.45, 2.75) is 16.7 Å². The van der Waals surface area contributed by atoms with E-state index >= 15 is 0 Å². The van der Waals surface area contributed by atoms with Crippen LogP contribution in [0, 0.1) is 0 Å². The molecule has 1 aromatic heterocycles. The van der Waals surface area contributed by atoms with Crippen LogP contribution in [0.3, 0.4) is 0 Å². The van der Waals surface area contributed by atoms with Crippen LogP contribution in [-0.4, -0.2) is 68.9 Å². The van der Waals surface area contributed by atoms with Crippen LogP contribution in [0.4, 0.5) is 0 Å². The highest BCUT2D eigenvalue weighted by atomic mass is 32.2. The zero-order valence-corrected chi connectivity index (χ0v) is 13.2. The van der Waals surface area contributed by atoms with E-state index in [4.69, 9.17) is 0 Å². The molecule has 0 amide bonds. The molecule has 0 N–H and O–H groups in total. The third kappa shape index (κ3) is 2.71. The van der Waals surface area contributed by atoms with Crippen molar-refractivity contribution in [2.24, 2.45) is 0 Å². The van der Waals surface area contributed by atoms with E-state index in [-0.39, 0.29) is 15.9 Å². The van der Waals surface area contributed by atoms with E-state index in [2.05, 4.69) is 9.72 Å². The van der Waals surface area contributed by atoms with Gasteiger partial charge in [0.25, 0.3) is 10.0 Å². The van der Waals surface area contributed by atoms with E-state index in [1.54, 1.807) is 0 Å². The van der Waals surface area contributed by atoms with Crippen molar-refractivity contribution in [3.63, 3.8) is 0 Å². The Labute approximate surface area is 122 Å². The van der Waals surface area contributed by atoms with E-state index < -0.39 is 16.0 Å². The topological polar surface area (TPSA) is 79.8 Å². The first-order valence-corrected chi connectivity index (χ1v) is 8.38. The van der Waals surface area contributed by atoms with Crippen molar-refractivity contribution < 1.29 is 17.9 Å². The number of sulfonamides is 1. The van der Waals surface area contributed by atoms with Crippen LogP contribution in [0.25, 0.3) is 0 Å². The molecule has 1 aliphatic heterocycles. The third-order valence-electron chi connectivity index (χ3n) is 3.34. The summed E-state index contributed by atoms with van der Waals surface area (Å²) < 4.78 is 31.1. The molecule has 0 bridgehead atoms. The fourth-order valence-electron chi connectivity index (χ4n) is 2.12. The second kappa shape index (κ2) is 5.76. The summed E-state index contributed by atoms with van der Waals surface area (Å²) >= 11 is 0.941. The number of aromatic nitrogens is 1. The Morgan fingerprint density at radius 3 is 2.80 bits per heavy atom. The Kier molecular flexibility index (Phi) is 4.43. The lowest BCUT2D eigenvalue weighted by Crippen LogP contribution is -2.34. The van der Waals surface area contributed by atoms with Crippen LogP contribution < -0.4 is 0 Å². The number of esters is 1. The van der Waals surface area contributed by atoms with Gasteiger partial charge < -0.3 is 9.64 Å². The molecule has 2 heterocycles. The van der Waals surface area contributed by atoms with Crippen molar-refractivity contribution in [1.82, 2.24) is 14.2 Å². The molecule has 2 rings (SSSR count). The van der Waals surface area contributed by atoms with Gasteiger partial charge in [0, 0.05) is 19.1 Å². The molecular weight excluding hydrogens is 302 g/mol. The maximum Gasteiger partial charge on any atom is 0.358 e. The molecule has 9 heteroatoms. The molecule has 112 valence electrons. The number of hydrogen-bond donors (Lipinski definition) is 0. The molecule has 0 aromatic carbocycles. The van der Waals surface area contributed by atoms with Crippen molar-refractivity contribution in [3.8, 4) is 0 Å². The van der Waals surface area contributed by atoms with E-state index in [1.807, 2.05) is 19.0 Å². The Hall–Kier alpha value is -1.03. The Bertz CT molecular complexity index is 597. The van der Waals surface area contributed by atoms with Crippen molar-refractivity contribution in [3.05, 3.63) is 11.2 Å². The molecule has 0 saturated carbocycles. The highest BCUT2D eigenvalue weighted by Gasteiger charge is 2.37. The summed E-state index contributed by atoms with van der Waals surface area (Å²) in [6.07, 6.45) is 0.776. The SMILES string of the molecule is COC(=O)c1ncsc1S(=O)(=O)N1CCC(N(C)C)C1. The molecule has 1 unspecified atom stereocenters. The second-order valence-corrected chi connectivity index (χ2v) is 7.74. The standard InChI is InChI=1S/C11H17N3O4S2/c1-13(2)8-4-5-14(6-8)20(16,17)11-9(10(15)18-3)12-7-19-11/h7-8H,4-6H2,1-3H3. The minimum atomic E-state index is -3.69. The summed E-state index contributed by atoms with van der Waals surface area (Å²) in [4.78, 5) is 17.4. The largest absolute Gasteiger partial charge is 0.464 e. The van der Waals surface area contributed by atoms with Gasteiger partial charge in [0.2, 0.25) is 0 Å². The van der Waals surface area contributed by atoms with Gasteiger partial charge in [0.05, 0.1) is 12.6 Å². The van der Waals surface area contributed by atoms with Gasteiger partial charge in [-0.1, -0.05) is 0 Å². The zero-order valence-electron chi connectivity index (χ0n) is 11.6. The number of carbonyl (C=O) groups excluding carboxylic acids is 1. The molecule has 0 spiro atoms. The first-order chi connectivity index (χ1) is 9.37. The molecule has 0 aliphatic carbocycles. The normalized spacial score (nSPS) is 20.5. The lowest BCUT2D eigenvalue weighted by molar-refractivity contribution is 0.0590. The molecule has 1 atom stereocenters. The Morgan fingerprint density at radius 2 is 2.25 bits per heavy atom. The van der Waals surface area contributed by atoms with Crippen LogP contribution in [-0.2, 0) is 14.8 Å². The van der Waals surface area contributed by atoms with Gasteiger partial charge in [-0.15, -0.1) is 11.3 Å². The van der Waals surface area contributed by atoms with Crippen LogP contribution in [0.15, 0.2) is 9.72 Å². The Balaban J connectivity index is 2.28. The molecule has 1 fully saturated rings. The predicted octanol–water partition coefficient (Wildman–Crippen LogP) is 0.254. The van der Waals surface area contributed by atoms with Crippen LogP contribution >= 0.6 is 11.3 Å². The first-order valence-electron chi connectivity index (χ1n) is 6.06. The lowest BCUT2D eigenvalue weighted by Gasteiger charge is -2.19. The number of rotatable bonds is 4. The predicted molar refractivity (Wildman–Crippen MR) is 74.3 cm³/mol. The highest BCUT2D eigenvalue weighted by molar-refractivity contribution is 7.91. The van der Waals surface area contributed by atoms with Gasteiger partial charge >= 0.3 is 5.97 Å². The minimum absolute atomic E-state index is 0.0382. The van der Waals surface area contributed by atoms with E-state index in [9.17, 15) is 13.2 Å². The molecule has 7 nitrogen and oxygen atoms in total. The van der Waals surface area contributed by atoms with Crippen molar-refractivity contribution in [1.29, 1.82) is 0 Å². The van der Waals surface area contributed by atoms with Crippen LogP contribution in [0.2, 0.25) is 0 Å². The quantitative estimate of drug-likeness (QED) is 0.740. The van der Waals surface area contributed by atoms with Gasteiger partial charge in [0.1, 0.15) is 0 Å². The van der Waals surface area contributed by atoms with E-state index in [0.717, 1.165) is 17.8 Å². The smallest absolute Gasteiger partial charge is 0.358 e. The number of methoxy groups -OCH3 is 1. The lowest BCUT2D eigenvalue weighted by atomic mass is 10.2. The maximum atomic E-state index is 12.6. The van der Waals surface area contributed by atoms with Gasteiger partial charge in [-0.2, -0.15) is 4.31 Å². The molecule has 0 radical (unpaired) electrons. The van der Waals surface area contributed by atoms with Crippen molar-refractivity contribution in [2.75, 3.05) is 34.3 Å². The fraction of sp³-hybridized carbons (Fsp3) is 0.636. The molecule has 20 heavy (non-hydrogen) atoms. The van der Waals surface area contributed by atoms with Gasteiger partial charge in [-0.3, -0.25) is 0 Å². The maximum absolute atomic E-state index is 12.6. The average molecular weight is 319 g/mol. The molecular formula is C11H17N3O4S2.